The Morgan fingerprint density at radius 1 is 1.23 bits per heavy atom. The smallest absolute Gasteiger partial charge is 0.230 e. The summed E-state index contributed by atoms with van der Waals surface area (Å²) in [6.45, 7) is 0. The standard InChI is InChI=1S/C19H17FN2O2S2/c1-24-17-9-5-4-8-16(17)22-18(23)10-14-12-26-19(21-14)25-11-13-6-2-3-7-15(13)20/h2-9,12H,10-11H2,1H3,(H,22,23). The first-order valence-electron chi connectivity index (χ1n) is 7.89. The molecular weight excluding hydrogens is 371 g/mol. The summed E-state index contributed by atoms with van der Waals surface area (Å²) < 4.78 is 19.7. The molecule has 0 aliphatic rings. The summed E-state index contributed by atoms with van der Waals surface area (Å²) in [5, 5.41) is 4.68. The third kappa shape index (κ3) is 4.83. The Hall–Kier alpha value is -2.38. The highest BCUT2D eigenvalue weighted by molar-refractivity contribution is 8.00. The van der Waals surface area contributed by atoms with E-state index in [0.717, 1.165) is 4.34 Å². The maximum absolute atomic E-state index is 13.6. The SMILES string of the molecule is COc1ccccc1NC(=O)Cc1csc(SCc2ccccc2F)n1. The quantitative estimate of drug-likeness (QED) is 0.593. The van der Waals surface area contributed by atoms with E-state index in [4.69, 9.17) is 4.74 Å². The lowest BCUT2D eigenvalue weighted by Gasteiger charge is -2.08. The molecule has 0 spiro atoms. The predicted octanol–water partition coefficient (Wildman–Crippen LogP) is 4.76. The Bertz CT molecular complexity index is 899. The van der Waals surface area contributed by atoms with Crippen molar-refractivity contribution in [1.82, 2.24) is 4.98 Å². The zero-order chi connectivity index (χ0) is 18.4. The molecule has 2 aromatic carbocycles. The number of thiazole rings is 1. The molecule has 0 atom stereocenters. The van der Waals surface area contributed by atoms with E-state index >= 15 is 0 Å². The summed E-state index contributed by atoms with van der Waals surface area (Å²) in [5.74, 6) is 0.742. The van der Waals surface area contributed by atoms with Gasteiger partial charge in [-0.3, -0.25) is 4.79 Å². The van der Waals surface area contributed by atoms with Crippen LogP contribution >= 0.6 is 23.1 Å². The number of benzene rings is 2. The highest BCUT2D eigenvalue weighted by Gasteiger charge is 2.11. The average molecular weight is 388 g/mol. The third-order valence-corrected chi connectivity index (χ3v) is 5.68. The van der Waals surface area contributed by atoms with Gasteiger partial charge in [-0.05, 0) is 23.8 Å². The second kappa shape index (κ2) is 8.82. The zero-order valence-corrected chi connectivity index (χ0v) is 15.7. The monoisotopic (exact) mass is 388 g/mol. The lowest BCUT2D eigenvalue weighted by atomic mass is 10.2. The van der Waals surface area contributed by atoms with Crippen molar-refractivity contribution < 1.29 is 13.9 Å². The lowest BCUT2D eigenvalue weighted by molar-refractivity contribution is -0.115. The first-order valence-corrected chi connectivity index (χ1v) is 9.75. The van der Waals surface area contributed by atoms with Crippen molar-refractivity contribution in [3.05, 3.63) is 71.0 Å². The van der Waals surface area contributed by atoms with Crippen LogP contribution in [0.1, 0.15) is 11.3 Å². The van der Waals surface area contributed by atoms with E-state index in [2.05, 4.69) is 10.3 Å². The number of aromatic nitrogens is 1. The van der Waals surface area contributed by atoms with Crippen LogP contribution < -0.4 is 10.1 Å². The van der Waals surface area contributed by atoms with E-state index in [9.17, 15) is 9.18 Å². The minimum Gasteiger partial charge on any atom is -0.495 e. The maximum atomic E-state index is 13.6. The molecule has 1 heterocycles. The van der Waals surface area contributed by atoms with Gasteiger partial charge >= 0.3 is 0 Å². The van der Waals surface area contributed by atoms with Gasteiger partial charge in [-0.1, -0.05) is 42.1 Å². The topological polar surface area (TPSA) is 51.2 Å². The molecular formula is C19H17FN2O2S2. The number of rotatable bonds is 7. The van der Waals surface area contributed by atoms with E-state index in [1.165, 1.54) is 29.2 Å². The Morgan fingerprint density at radius 3 is 2.81 bits per heavy atom. The molecule has 0 fully saturated rings. The van der Waals surface area contributed by atoms with E-state index in [0.29, 0.717) is 28.4 Å². The summed E-state index contributed by atoms with van der Waals surface area (Å²) in [4.78, 5) is 16.7. The molecule has 0 aliphatic heterocycles. The van der Waals surface area contributed by atoms with Crippen LogP contribution in [0.3, 0.4) is 0 Å². The minimum atomic E-state index is -0.215. The van der Waals surface area contributed by atoms with E-state index in [1.54, 1.807) is 31.4 Å². The number of carbonyl (C=O) groups is 1. The number of carbonyl (C=O) groups excluding carboxylic acids is 1. The van der Waals surface area contributed by atoms with Crippen molar-refractivity contribution in [2.24, 2.45) is 0 Å². The van der Waals surface area contributed by atoms with Gasteiger partial charge in [0.1, 0.15) is 15.9 Å². The molecule has 0 unspecified atom stereocenters. The van der Waals surface area contributed by atoms with Crippen LogP contribution in [0.5, 0.6) is 5.75 Å². The van der Waals surface area contributed by atoms with Gasteiger partial charge in [-0.15, -0.1) is 11.3 Å². The van der Waals surface area contributed by atoms with Gasteiger partial charge in [0.25, 0.3) is 0 Å². The van der Waals surface area contributed by atoms with Crippen molar-refractivity contribution in [3.8, 4) is 5.75 Å². The number of thioether (sulfide) groups is 1. The van der Waals surface area contributed by atoms with Crippen molar-refractivity contribution >= 4 is 34.7 Å². The fourth-order valence-corrected chi connectivity index (χ4v) is 4.13. The Labute approximate surface area is 159 Å². The van der Waals surface area contributed by atoms with Gasteiger partial charge < -0.3 is 10.1 Å². The molecule has 1 amide bonds. The summed E-state index contributed by atoms with van der Waals surface area (Å²) in [5.41, 5.74) is 1.96. The highest BCUT2D eigenvalue weighted by Crippen LogP contribution is 2.28. The second-order valence-electron chi connectivity index (χ2n) is 5.41. The van der Waals surface area contributed by atoms with Crippen molar-refractivity contribution in [2.45, 2.75) is 16.5 Å². The number of halogens is 1. The van der Waals surface area contributed by atoms with E-state index in [-0.39, 0.29) is 18.1 Å². The minimum absolute atomic E-state index is 0.162. The molecule has 0 bridgehead atoms. The molecule has 3 rings (SSSR count). The number of ether oxygens (including phenoxy) is 1. The van der Waals surface area contributed by atoms with Crippen LogP contribution in [-0.4, -0.2) is 18.0 Å². The second-order valence-corrected chi connectivity index (χ2v) is 7.49. The first kappa shape index (κ1) is 18.4. The molecule has 0 saturated heterocycles. The molecule has 0 radical (unpaired) electrons. The van der Waals surface area contributed by atoms with Crippen LogP contribution in [-0.2, 0) is 17.0 Å². The molecule has 1 aromatic heterocycles. The van der Waals surface area contributed by atoms with Gasteiger partial charge in [-0.25, -0.2) is 9.37 Å². The Kier molecular flexibility index (Phi) is 6.25. The number of hydrogen-bond acceptors (Lipinski definition) is 5. The summed E-state index contributed by atoms with van der Waals surface area (Å²) >= 11 is 2.92. The lowest BCUT2D eigenvalue weighted by Crippen LogP contribution is -2.15. The van der Waals surface area contributed by atoms with Crippen LogP contribution in [0.15, 0.2) is 58.3 Å². The van der Waals surface area contributed by atoms with Crippen LogP contribution in [0, 0.1) is 5.82 Å². The molecule has 134 valence electrons. The van der Waals surface area contributed by atoms with Crippen LogP contribution in [0.25, 0.3) is 0 Å². The van der Waals surface area contributed by atoms with Gasteiger partial charge in [0.05, 0.1) is 24.9 Å². The first-order chi connectivity index (χ1) is 12.7. The third-order valence-electron chi connectivity index (χ3n) is 3.56. The van der Waals surface area contributed by atoms with Crippen LogP contribution in [0.2, 0.25) is 0 Å². The van der Waals surface area contributed by atoms with Gasteiger partial charge in [0, 0.05) is 11.1 Å². The number of amides is 1. The predicted molar refractivity (Wildman–Crippen MR) is 103 cm³/mol. The molecule has 26 heavy (non-hydrogen) atoms. The summed E-state index contributed by atoms with van der Waals surface area (Å²) in [6.07, 6.45) is 0.175. The van der Waals surface area contributed by atoms with Crippen molar-refractivity contribution in [2.75, 3.05) is 12.4 Å². The number of nitrogens with one attached hydrogen (secondary N) is 1. The summed E-state index contributed by atoms with van der Waals surface area (Å²) in [6, 6.07) is 13.9. The van der Waals surface area contributed by atoms with Gasteiger partial charge in [0.15, 0.2) is 0 Å². The van der Waals surface area contributed by atoms with E-state index < -0.39 is 0 Å². The molecule has 4 nitrogen and oxygen atoms in total. The number of methoxy groups -OCH3 is 1. The van der Waals surface area contributed by atoms with Gasteiger partial charge in [0.2, 0.25) is 5.91 Å². The van der Waals surface area contributed by atoms with Gasteiger partial charge in [-0.2, -0.15) is 0 Å². The number of anilines is 1. The largest absolute Gasteiger partial charge is 0.495 e. The molecule has 1 N–H and O–H groups in total. The molecule has 0 saturated carbocycles. The zero-order valence-electron chi connectivity index (χ0n) is 14.1. The van der Waals surface area contributed by atoms with Crippen molar-refractivity contribution in [1.29, 1.82) is 0 Å². The molecule has 3 aromatic rings. The van der Waals surface area contributed by atoms with Crippen molar-refractivity contribution in [3.63, 3.8) is 0 Å². The van der Waals surface area contributed by atoms with Crippen LogP contribution in [0.4, 0.5) is 10.1 Å². The molecule has 0 aliphatic carbocycles. The fraction of sp³-hybridized carbons (Fsp3) is 0.158. The Balaban J connectivity index is 1.56. The number of hydrogen-bond donors (Lipinski definition) is 1. The fourth-order valence-electron chi connectivity index (χ4n) is 2.30. The number of para-hydroxylation sites is 2. The molecule has 7 heteroatoms. The average Bonchev–Trinajstić information content (AvgIpc) is 3.08. The van der Waals surface area contributed by atoms with E-state index in [1.807, 2.05) is 23.6 Å². The number of nitrogens with zero attached hydrogens (tertiary/aromatic N) is 1. The summed E-state index contributed by atoms with van der Waals surface area (Å²) in [7, 11) is 1.56. The Morgan fingerprint density at radius 2 is 2.00 bits per heavy atom. The highest BCUT2D eigenvalue weighted by atomic mass is 32.2. The maximum Gasteiger partial charge on any atom is 0.230 e. The normalized spacial score (nSPS) is 10.5.